The summed E-state index contributed by atoms with van der Waals surface area (Å²) in [6.07, 6.45) is 7.28. The largest absolute Gasteiger partial charge is 0.440 e. The van der Waals surface area contributed by atoms with Crippen molar-refractivity contribution in [2.45, 2.75) is 18.8 Å². The molecular formula is C21H16N4O2. The number of carbonyl (C=O) groups excluding carboxylic acids is 1. The van der Waals surface area contributed by atoms with Crippen LogP contribution in [0.15, 0.2) is 65.5 Å². The van der Waals surface area contributed by atoms with Crippen LogP contribution in [0.5, 0.6) is 0 Å². The summed E-state index contributed by atoms with van der Waals surface area (Å²) in [7, 11) is 0. The van der Waals surface area contributed by atoms with Gasteiger partial charge in [0.1, 0.15) is 5.52 Å². The Morgan fingerprint density at radius 2 is 1.93 bits per heavy atom. The van der Waals surface area contributed by atoms with E-state index in [1.807, 2.05) is 36.4 Å². The van der Waals surface area contributed by atoms with Crippen LogP contribution < -0.4 is 5.32 Å². The Morgan fingerprint density at radius 3 is 2.67 bits per heavy atom. The van der Waals surface area contributed by atoms with Crippen LogP contribution in [0.3, 0.4) is 0 Å². The monoisotopic (exact) mass is 356 g/mol. The maximum Gasteiger partial charge on any atom is 0.257 e. The summed E-state index contributed by atoms with van der Waals surface area (Å²) in [5.41, 5.74) is 4.43. The van der Waals surface area contributed by atoms with Crippen molar-refractivity contribution >= 4 is 22.7 Å². The van der Waals surface area contributed by atoms with Crippen molar-refractivity contribution in [3.05, 3.63) is 72.5 Å². The molecule has 4 aromatic rings. The first-order chi connectivity index (χ1) is 13.3. The third-order valence-corrected chi connectivity index (χ3v) is 4.59. The molecule has 0 aliphatic heterocycles. The van der Waals surface area contributed by atoms with E-state index < -0.39 is 0 Å². The molecule has 27 heavy (non-hydrogen) atoms. The zero-order valence-electron chi connectivity index (χ0n) is 14.4. The van der Waals surface area contributed by atoms with Gasteiger partial charge in [-0.1, -0.05) is 0 Å². The lowest BCUT2D eigenvalue weighted by atomic mass is 10.1. The molecule has 6 nitrogen and oxygen atoms in total. The van der Waals surface area contributed by atoms with E-state index >= 15 is 0 Å². The average molecular weight is 356 g/mol. The number of aromatic nitrogens is 3. The second-order valence-corrected chi connectivity index (χ2v) is 6.63. The fourth-order valence-electron chi connectivity index (χ4n) is 2.95. The van der Waals surface area contributed by atoms with Gasteiger partial charge < -0.3 is 9.73 Å². The van der Waals surface area contributed by atoms with Gasteiger partial charge in [0, 0.05) is 41.8 Å². The number of rotatable bonds is 4. The average Bonchev–Trinajstić information content (AvgIpc) is 3.48. The SMILES string of the molecule is O=C(Nc1ccc2nc(C3CC3)oc2c1)c1ccc(-c2ccncc2)nc1. The van der Waals surface area contributed by atoms with Crippen LogP contribution in [0.1, 0.15) is 35.0 Å². The highest BCUT2D eigenvalue weighted by Gasteiger charge is 2.28. The van der Waals surface area contributed by atoms with Gasteiger partial charge >= 0.3 is 0 Å². The van der Waals surface area contributed by atoms with Crippen molar-refractivity contribution in [3.63, 3.8) is 0 Å². The molecule has 1 N–H and O–H groups in total. The zero-order valence-corrected chi connectivity index (χ0v) is 14.4. The third-order valence-electron chi connectivity index (χ3n) is 4.59. The van der Waals surface area contributed by atoms with Crippen LogP contribution in [-0.4, -0.2) is 20.9 Å². The van der Waals surface area contributed by atoms with Crippen molar-refractivity contribution in [3.8, 4) is 11.3 Å². The molecule has 1 fully saturated rings. The van der Waals surface area contributed by atoms with E-state index in [1.54, 1.807) is 24.7 Å². The highest BCUT2D eigenvalue weighted by atomic mass is 16.3. The lowest BCUT2D eigenvalue weighted by molar-refractivity contribution is 0.102. The topological polar surface area (TPSA) is 80.9 Å². The second kappa shape index (κ2) is 6.32. The number of amides is 1. The number of anilines is 1. The summed E-state index contributed by atoms with van der Waals surface area (Å²) < 4.78 is 5.80. The lowest BCUT2D eigenvalue weighted by Crippen LogP contribution is -2.12. The van der Waals surface area contributed by atoms with Crippen molar-refractivity contribution in [2.75, 3.05) is 5.32 Å². The molecule has 6 heteroatoms. The Morgan fingerprint density at radius 1 is 1.07 bits per heavy atom. The fourth-order valence-corrected chi connectivity index (χ4v) is 2.95. The van der Waals surface area contributed by atoms with E-state index in [0.29, 0.717) is 22.8 Å². The Balaban J connectivity index is 1.34. The molecule has 3 aromatic heterocycles. The smallest absolute Gasteiger partial charge is 0.257 e. The van der Waals surface area contributed by atoms with Crippen LogP contribution in [0, 0.1) is 0 Å². The summed E-state index contributed by atoms with van der Waals surface area (Å²) in [5.74, 6) is 1.04. The van der Waals surface area contributed by atoms with E-state index in [9.17, 15) is 4.79 Å². The number of nitrogens with zero attached hydrogens (tertiary/aromatic N) is 3. The number of fused-ring (bicyclic) bond motifs is 1. The highest BCUT2D eigenvalue weighted by Crippen LogP contribution is 2.40. The summed E-state index contributed by atoms with van der Waals surface area (Å²) in [6, 6.07) is 12.9. The van der Waals surface area contributed by atoms with Crippen molar-refractivity contribution in [1.29, 1.82) is 0 Å². The Labute approximate surface area is 155 Å². The Kier molecular flexibility index (Phi) is 3.67. The lowest BCUT2D eigenvalue weighted by Gasteiger charge is -2.06. The highest BCUT2D eigenvalue weighted by molar-refractivity contribution is 6.04. The van der Waals surface area contributed by atoms with Gasteiger partial charge in [0.2, 0.25) is 0 Å². The van der Waals surface area contributed by atoms with E-state index in [4.69, 9.17) is 4.42 Å². The number of carbonyl (C=O) groups is 1. The molecule has 1 saturated carbocycles. The molecule has 132 valence electrons. The zero-order chi connectivity index (χ0) is 18.2. The van der Waals surface area contributed by atoms with Gasteiger partial charge in [-0.25, -0.2) is 4.98 Å². The molecule has 0 unspecified atom stereocenters. The van der Waals surface area contributed by atoms with Crippen molar-refractivity contribution in [1.82, 2.24) is 15.0 Å². The summed E-state index contributed by atoms with van der Waals surface area (Å²) >= 11 is 0. The molecule has 3 heterocycles. The summed E-state index contributed by atoms with van der Waals surface area (Å²) in [4.78, 5) is 25.4. The summed E-state index contributed by atoms with van der Waals surface area (Å²) in [5, 5.41) is 2.89. The van der Waals surface area contributed by atoms with E-state index in [0.717, 1.165) is 35.5 Å². The molecule has 0 radical (unpaired) electrons. The van der Waals surface area contributed by atoms with Crippen molar-refractivity contribution in [2.24, 2.45) is 0 Å². The fraction of sp³-hybridized carbons (Fsp3) is 0.143. The number of pyridine rings is 2. The number of oxazole rings is 1. The maximum atomic E-state index is 12.5. The first kappa shape index (κ1) is 15.7. The molecule has 1 aromatic carbocycles. The molecule has 1 aliphatic rings. The molecule has 0 bridgehead atoms. The molecule has 0 atom stereocenters. The van der Waals surface area contributed by atoms with Gasteiger partial charge in [-0.3, -0.25) is 14.8 Å². The predicted molar refractivity (Wildman–Crippen MR) is 101 cm³/mol. The van der Waals surface area contributed by atoms with Gasteiger partial charge in [0.25, 0.3) is 5.91 Å². The Hall–Kier alpha value is -3.54. The second-order valence-electron chi connectivity index (χ2n) is 6.63. The minimum Gasteiger partial charge on any atom is -0.440 e. The maximum absolute atomic E-state index is 12.5. The molecule has 5 rings (SSSR count). The third kappa shape index (κ3) is 3.17. The predicted octanol–water partition coefficient (Wildman–Crippen LogP) is 4.41. The molecule has 0 spiro atoms. The molecule has 1 aliphatic carbocycles. The number of hydrogen-bond donors (Lipinski definition) is 1. The van der Waals surface area contributed by atoms with E-state index in [-0.39, 0.29) is 5.91 Å². The van der Waals surface area contributed by atoms with Crippen LogP contribution in [-0.2, 0) is 0 Å². The van der Waals surface area contributed by atoms with Crippen LogP contribution in [0.25, 0.3) is 22.4 Å². The number of hydrogen-bond acceptors (Lipinski definition) is 5. The van der Waals surface area contributed by atoms with Gasteiger partial charge in [0.15, 0.2) is 11.5 Å². The van der Waals surface area contributed by atoms with Gasteiger partial charge in [-0.05, 0) is 49.2 Å². The minimum absolute atomic E-state index is 0.218. The molecule has 1 amide bonds. The van der Waals surface area contributed by atoms with Crippen LogP contribution in [0.4, 0.5) is 5.69 Å². The normalized spacial score (nSPS) is 13.6. The van der Waals surface area contributed by atoms with Crippen LogP contribution >= 0.6 is 0 Å². The summed E-state index contributed by atoms with van der Waals surface area (Å²) in [6.45, 7) is 0. The van der Waals surface area contributed by atoms with Gasteiger partial charge in [-0.15, -0.1) is 0 Å². The van der Waals surface area contributed by atoms with Gasteiger partial charge in [-0.2, -0.15) is 0 Å². The standard InChI is InChI=1S/C21H16N4O2/c26-20(15-3-5-17(23-12-15)13-7-9-22-10-8-13)24-16-4-6-18-19(11-16)27-21(25-18)14-1-2-14/h3-12,14H,1-2H2,(H,24,26). The first-order valence-electron chi connectivity index (χ1n) is 8.84. The number of nitrogens with one attached hydrogen (secondary N) is 1. The molecular weight excluding hydrogens is 340 g/mol. The first-order valence-corrected chi connectivity index (χ1v) is 8.84. The molecule has 0 saturated heterocycles. The van der Waals surface area contributed by atoms with Crippen molar-refractivity contribution < 1.29 is 9.21 Å². The van der Waals surface area contributed by atoms with Gasteiger partial charge in [0.05, 0.1) is 11.3 Å². The minimum atomic E-state index is -0.218. The van der Waals surface area contributed by atoms with E-state index in [1.165, 1.54) is 0 Å². The Bertz CT molecular complexity index is 1120. The quantitative estimate of drug-likeness (QED) is 0.585. The number of benzene rings is 1. The van der Waals surface area contributed by atoms with E-state index in [2.05, 4.69) is 20.3 Å². The van der Waals surface area contributed by atoms with Crippen LogP contribution in [0.2, 0.25) is 0 Å².